The fraction of sp³-hybridized carbons (Fsp3) is 0.357. The fourth-order valence-corrected chi connectivity index (χ4v) is 9.16. The molecule has 4 atom stereocenters. The van der Waals surface area contributed by atoms with Crippen LogP contribution in [0.25, 0.3) is 0 Å². The lowest BCUT2D eigenvalue weighted by Crippen LogP contribution is -2.47. The van der Waals surface area contributed by atoms with Crippen molar-refractivity contribution >= 4 is 127 Å². The standard InChI is InChI=1S/C17H17Cl3N2.C11H14Cl3N.C11H16ClNO2.C8H7ClO.C6H5Cl2N.C3H9NO/c1-21-8-9-22(16-7-6-14(19)10-15(16)20)17(11-21)12-2-4-13(18)5-3-12;1-15(7-6-12)8-11(14)9-2-4-10(13)5-3-9;1-13(6-7-14)8-11(15)9-2-4-10(12)5-3-9;9-7-3-1-6(2-4-7)8-5-10-8;7-4-1-2-6(9)5(8)3-4;1-4-2-3-5/h2-7,10,17H,8-9,11H2,1H3;2-5,11H,6-8H2,1H3;2-5,11,14-15H,6-8H2,1H3;1-4,8H,5H2;1-3H,9H2;4-5H,2-3H2,1H3. The van der Waals surface area contributed by atoms with Crippen molar-refractivity contribution in [1.29, 1.82) is 0 Å². The van der Waals surface area contributed by atoms with E-state index in [1.54, 1.807) is 55.6 Å². The van der Waals surface area contributed by atoms with E-state index in [-0.39, 0.29) is 24.6 Å². The van der Waals surface area contributed by atoms with E-state index < -0.39 is 6.10 Å². The second-order valence-corrected chi connectivity index (χ2v) is 21.8. The zero-order valence-corrected chi connectivity index (χ0v) is 50.5. The molecule has 2 aliphatic rings. The van der Waals surface area contributed by atoms with Crippen molar-refractivity contribution in [2.45, 2.75) is 23.6 Å². The molecule has 20 heteroatoms. The highest BCUT2D eigenvalue weighted by Crippen LogP contribution is 2.37. The number of nitrogens with one attached hydrogen (secondary N) is 1. The summed E-state index contributed by atoms with van der Waals surface area (Å²) in [6.45, 7) is 7.46. The van der Waals surface area contributed by atoms with Crippen LogP contribution in [0.5, 0.6) is 0 Å². The Kier molecular flexibility index (Phi) is 33.4. The van der Waals surface area contributed by atoms with E-state index in [2.05, 4.69) is 39.2 Å². The number of aliphatic hydroxyl groups excluding tert-OH is 3. The van der Waals surface area contributed by atoms with Crippen LogP contribution in [-0.2, 0) is 4.74 Å². The molecule has 0 aliphatic carbocycles. The molecule has 6 aromatic rings. The van der Waals surface area contributed by atoms with Gasteiger partial charge in [-0.1, -0.05) is 141 Å². The normalized spacial score (nSPS) is 15.5. The van der Waals surface area contributed by atoms with Crippen molar-refractivity contribution in [3.8, 4) is 0 Å². The molecule has 6 aromatic carbocycles. The average molecular weight is 1240 g/mol. The Balaban J connectivity index is 0.000000252. The third kappa shape index (κ3) is 26.6. The van der Waals surface area contributed by atoms with Crippen LogP contribution >= 0.6 is 116 Å². The molecule has 0 radical (unpaired) electrons. The van der Waals surface area contributed by atoms with Crippen LogP contribution in [0.3, 0.4) is 0 Å². The number of nitrogens with zero attached hydrogens (tertiary/aromatic N) is 4. The van der Waals surface area contributed by atoms with Gasteiger partial charge in [0.2, 0.25) is 0 Å². The quantitative estimate of drug-likeness (QED) is 0.0386. The molecule has 2 heterocycles. The van der Waals surface area contributed by atoms with Crippen molar-refractivity contribution in [3.05, 3.63) is 196 Å². The van der Waals surface area contributed by atoms with Crippen LogP contribution in [0.4, 0.5) is 11.4 Å². The highest BCUT2D eigenvalue weighted by molar-refractivity contribution is 6.37. The first-order valence-corrected chi connectivity index (χ1v) is 28.1. The summed E-state index contributed by atoms with van der Waals surface area (Å²) in [6.07, 6.45) is -0.198. The maximum absolute atomic E-state index is 9.84. The van der Waals surface area contributed by atoms with Crippen LogP contribution in [0.1, 0.15) is 45.9 Å². The summed E-state index contributed by atoms with van der Waals surface area (Å²) in [5.74, 6) is 0.626. The number of nitrogens with two attached hydrogens (primary N) is 1. The molecular weight excluding hydrogens is 1180 g/mol. The van der Waals surface area contributed by atoms with Gasteiger partial charge in [-0.3, -0.25) is 0 Å². The molecule has 8 rings (SSSR count). The lowest BCUT2D eigenvalue weighted by molar-refractivity contribution is 0.115. The molecule has 2 saturated heterocycles. The maximum atomic E-state index is 9.84. The molecule has 2 fully saturated rings. The minimum Gasteiger partial charge on any atom is -0.398 e. The van der Waals surface area contributed by atoms with Gasteiger partial charge >= 0.3 is 0 Å². The molecule has 0 saturated carbocycles. The van der Waals surface area contributed by atoms with Crippen molar-refractivity contribution < 1.29 is 20.1 Å². The molecule has 10 nitrogen and oxygen atoms in total. The number of hydrogen-bond acceptors (Lipinski definition) is 10. The number of alkyl halides is 2. The minimum absolute atomic E-state index is 0.0181. The first kappa shape index (κ1) is 67.8. The van der Waals surface area contributed by atoms with Crippen LogP contribution in [-0.4, -0.2) is 136 Å². The van der Waals surface area contributed by atoms with Crippen molar-refractivity contribution in [2.24, 2.45) is 0 Å². The summed E-state index contributed by atoms with van der Waals surface area (Å²) in [5.41, 5.74) is 11.4. The van der Waals surface area contributed by atoms with Gasteiger partial charge in [0.1, 0.15) is 6.10 Å². The summed E-state index contributed by atoms with van der Waals surface area (Å²) in [6, 6.07) is 41.5. The van der Waals surface area contributed by atoms with E-state index in [0.717, 1.165) is 71.2 Å². The molecule has 6 N–H and O–H groups in total. The van der Waals surface area contributed by atoms with Crippen molar-refractivity contribution in [3.63, 3.8) is 0 Å². The highest BCUT2D eigenvalue weighted by atomic mass is 35.5. The van der Waals surface area contributed by atoms with Gasteiger partial charge in [0.25, 0.3) is 0 Å². The van der Waals surface area contributed by atoms with E-state index >= 15 is 0 Å². The number of aliphatic hydroxyl groups is 3. The summed E-state index contributed by atoms with van der Waals surface area (Å²) in [5, 5.41) is 34.7. The lowest BCUT2D eigenvalue weighted by Gasteiger charge is -2.42. The fourth-order valence-electron chi connectivity index (χ4n) is 7.06. The Morgan fingerprint density at radius 3 is 1.55 bits per heavy atom. The third-order valence-electron chi connectivity index (χ3n) is 11.3. The SMILES string of the molecule is CN(CCCl)CC(Cl)c1ccc(Cl)cc1.CN(CCO)CC(O)c1ccc(Cl)cc1.CN1CCN(c2ccc(Cl)cc2Cl)C(c2ccc(Cl)cc2)C1.CNCCO.Clc1ccc(C2CO2)cc1.Nc1ccc(Cl)cc1Cl. The number of ether oxygens (including phenoxy) is 1. The van der Waals surface area contributed by atoms with Crippen LogP contribution in [0.15, 0.2) is 133 Å². The van der Waals surface area contributed by atoms with Crippen molar-refractivity contribution in [1.82, 2.24) is 20.0 Å². The monoisotopic (exact) mass is 1240 g/mol. The Hall–Kier alpha value is -2.50. The van der Waals surface area contributed by atoms with Gasteiger partial charge in [0.15, 0.2) is 0 Å². The second kappa shape index (κ2) is 37.4. The van der Waals surface area contributed by atoms with Crippen LogP contribution in [0, 0.1) is 0 Å². The first-order chi connectivity index (χ1) is 36.3. The number of anilines is 2. The maximum Gasteiger partial charge on any atom is 0.106 e. The summed E-state index contributed by atoms with van der Waals surface area (Å²) in [7, 11) is 7.81. The number of halogens is 10. The number of epoxide rings is 1. The van der Waals surface area contributed by atoms with Gasteiger partial charge in [0.05, 0.1) is 58.8 Å². The van der Waals surface area contributed by atoms with Gasteiger partial charge in [-0.05, 0) is 135 Å². The predicted octanol–water partition coefficient (Wildman–Crippen LogP) is 14.4. The molecule has 0 aromatic heterocycles. The molecule has 4 unspecified atom stereocenters. The minimum atomic E-state index is -0.543. The molecular formula is C56H68Cl10N6O4. The Morgan fingerprint density at radius 1 is 0.632 bits per heavy atom. The molecule has 0 bridgehead atoms. The van der Waals surface area contributed by atoms with E-state index in [1.807, 2.05) is 91.8 Å². The van der Waals surface area contributed by atoms with Gasteiger partial charge in [-0.15, -0.1) is 23.2 Å². The Bertz CT molecular complexity index is 2460. The van der Waals surface area contributed by atoms with Crippen molar-refractivity contribution in [2.75, 3.05) is 117 Å². The first-order valence-electron chi connectivity index (χ1n) is 24.1. The Labute approximate surface area is 499 Å². The van der Waals surface area contributed by atoms with E-state index in [9.17, 15) is 5.11 Å². The molecule has 0 amide bonds. The number of benzene rings is 6. The summed E-state index contributed by atoms with van der Waals surface area (Å²) in [4.78, 5) is 8.67. The van der Waals surface area contributed by atoms with Gasteiger partial charge in [-0.25, -0.2) is 0 Å². The molecule has 416 valence electrons. The Morgan fingerprint density at radius 2 is 1.11 bits per heavy atom. The number of rotatable bonds is 15. The molecule has 2 aliphatic heterocycles. The number of nitrogen functional groups attached to an aromatic ring is 1. The van der Waals surface area contributed by atoms with E-state index in [4.69, 9.17) is 137 Å². The smallest absolute Gasteiger partial charge is 0.106 e. The van der Waals surface area contributed by atoms with E-state index in [1.165, 1.54) is 11.1 Å². The molecule has 76 heavy (non-hydrogen) atoms. The highest BCUT2D eigenvalue weighted by Gasteiger charge is 2.28. The largest absolute Gasteiger partial charge is 0.398 e. The summed E-state index contributed by atoms with van der Waals surface area (Å²) < 4.78 is 5.09. The zero-order chi connectivity index (χ0) is 56.2. The van der Waals surface area contributed by atoms with E-state index in [0.29, 0.717) is 62.4 Å². The predicted molar refractivity (Wildman–Crippen MR) is 327 cm³/mol. The van der Waals surface area contributed by atoms with Gasteiger partial charge in [0, 0.05) is 88.4 Å². The van der Waals surface area contributed by atoms with Gasteiger partial charge in [-0.2, -0.15) is 0 Å². The van der Waals surface area contributed by atoms with Crippen LogP contribution in [0.2, 0.25) is 40.2 Å². The summed E-state index contributed by atoms with van der Waals surface area (Å²) >= 11 is 58.8. The topological polar surface area (TPSA) is 124 Å². The lowest BCUT2D eigenvalue weighted by atomic mass is 10.0. The third-order valence-corrected chi connectivity index (χ3v) is 14.0. The second-order valence-electron chi connectivity index (χ2n) is 17.5. The van der Waals surface area contributed by atoms with Gasteiger partial charge < -0.3 is 50.7 Å². The van der Waals surface area contributed by atoms with Crippen LogP contribution < -0.4 is 16.0 Å². The average Bonchev–Trinajstić information content (AvgIpc) is 4.24. The number of piperazine rings is 1. The zero-order valence-electron chi connectivity index (χ0n) is 42.9. The number of likely N-dealkylation sites (N-methyl/N-ethyl adjacent to an activating group) is 4. The molecule has 0 spiro atoms. The number of hydrogen-bond donors (Lipinski definition) is 5.